The molecule has 2 fully saturated rings. The second kappa shape index (κ2) is 5.28. The van der Waals surface area contributed by atoms with Crippen molar-refractivity contribution in [2.75, 3.05) is 26.2 Å². The molecule has 88 valence electrons. The lowest BCUT2D eigenvalue weighted by Crippen LogP contribution is -2.40. The summed E-state index contributed by atoms with van der Waals surface area (Å²) in [6, 6.07) is 0.829. The third kappa shape index (κ3) is 4.09. The van der Waals surface area contributed by atoms with Crippen LogP contribution in [-0.2, 0) is 0 Å². The molecule has 0 bridgehead atoms. The molecule has 0 amide bonds. The Labute approximate surface area is 92.8 Å². The highest BCUT2D eigenvalue weighted by atomic mass is 16.3. The van der Waals surface area contributed by atoms with Crippen molar-refractivity contribution in [3.8, 4) is 0 Å². The Morgan fingerprint density at radius 1 is 1.27 bits per heavy atom. The zero-order valence-corrected chi connectivity index (χ0v) is 9.78. The Morgan fingerprint density at radius 2 is 1.93 bits per heavy atom. The molecule has 1 saturated heterocycles. The van der Waals surface area contributed by atoms with Gasteiger partial charge >= 0.3 is 0 Å². The lowest BCUT2D eigenvalue weighted by Gasteiger charge is -2.31. The fraction of sp³-hybridized carbons (Fsp3) is 1.00. The fourth-order valence-electron chi connectivity index (χ4n) is 2.26. The van der Waals surface area contributed by atoms with E-state index in [1.54, 1.807) is 0 Å². The van der Waals surface area contributed by atoms with Crippen LogP contribution in [0, 0.1) is 5.92 Å². The normalized spacial score (nSPS) is 26.8. The molecule has 0 aromatic rings. The third-order valence-corrected chi connectivity index (χ3v) is 3.46. The average Bonchev–Trinajstić information content (AvgIpc) is 3.02. The van der Waals surface area contributed by atoms with Crippen LogP contribution in [0.2, 0.25) is 0 Å². The van der Waals surface area contributed by atoms with Crippen molar-refractivity contribution in [2.45, 2.75) is 44.8 Å². The van der Waals surface area contributed by atoms with E-state index in [4.69, 9.17) is 0 Å². The van der Waals surface area contributed by atoms with Gasteiger partial charge in [0.05, 0.1) is 6.10 Å². The monoisotopic (exact) mass is 212 g/mol. The van der Waals surface area contributed by atoms with Gasteiger partial charge in [0.1, 0.15) is 0 Å². The third-order valence-electron chi connectivity index (χ3n) is 3.46. The molecule has 0 aromatic carbocycles. The lowest BCUT2D eigenvalue weighted by molar-refractivity contribution is 0.0759. The Morgan fingerprint density at radius 3 is 2.53 bits per heavy atom. The fourth-order valence-corrected chi connectivity index (χ4v) is 2.26. The van der Waals surface area contributed by atoms with Gasteiger partial charge < -0.3 is 15.3 Å². The largest absolute Gasteiger partial charge is 0.393 e. The molecular weight excluding hydrogens is 188 g/mol. The molecule has 1 atom stereocenters. The number of piperidine rings is 1. The summed E-state index contributed by atoms with van der Waals surface area (Å²) in [6.07, 6.45) is 4.64. The number of hydrogen-bond donors (Lipinski definition) is 2. The van der Waals surface area contributed by atoms with Crippen molar-refractivity contribution in [1.82, 2.24) is 10.2 Å². The van der Waals surface area contributed by atoms with Crippen LogP contribution in [0.3, 0.4) is 0 Å². The molecule has 2 N–H and O–H groups in total. The van der Waals surface area contributed by atoms with Gasteiger partial charge in [-0.05, 0) is 38.1 Å². The number of rotatable bonds is 5. The van der Waals surface area contributed by atoms with Crippen LogP contribution >= 0.6 is 0 Å². The van der Waals surface area contributed by atoms with E-state index in [1.807, 2.05) is 0 Å². The van der Waals surface area contributed by atoms with Gasteiger partial charge in [0.15, 0.2) is 0 Å². The maximum Gasteiger partial charge on any atom is 0.0564 e. The summed E-state index contributed by atoms with van der Waals surface area (Å²) in [6.45, 7) is 6.82. The average molecular weight is 212 g/mol. The summed E-state index contributed by atoms with van der Waals surface area (Å²) in [4.78, 5) is 2.49. The van der Waals surface area contributed by atoms with Crippen molar-refractivity contribution in [2.24, 2.45) is 5.92 Å². The maximum absolute atomic E-state index is 9.41. The first kappa shape index (κ1) is 11.4. The van der Waals surface area contributed by atoms with E-state index in [0.29, 0.717) is 0 Å². The van der Waals surface area contributed by atoms with Gasteiger partial charge in [-0.3, -0.25) is 0 Å². The van der Waals surface area contributed by atoms with E-state index in [0.717, 1.165) is 44.4 Å². The number of likely N-dealkylation sites (tertiary alicyclic amines) is 1. The summed E-state index contributed by atoms with van der Waals surface area (Å²) in [7, 11) is 0. The number of aliphatic hydroxyl groups is 1. The van der Waals surface area contributed by atoms with Gasteiger partial charge in [-0.1, -0.05) is 6.92 Å². The van der Waals surface area contributed by atoms with Crippen LogP contribution in [-0.4, -0.2) is 48.3 Å². The van der Waals surface area contributed by atoms with Gasteiger partial charge in [-0.15, -0.1) is 0 Å². The van der Waals surface area contributed by atoms with Crippen LogP contribution in [0.15, 0.2) is 0 Å². The predicted molar refractivity (Wildman–Crippen MR) is 61.9 cm³/mol. The van der Waals surface area contributed by atoms with Gasteiger partial charge in [0.2, 0.25) is 0 Å². The molecule has 15 heavy (non-hydrogen) atoms. The summed E-state index contributed by atoms with van der Waals surface area (Å²) in [5.74, 6) is 0.737. The second-order valence-electron chi connectivity index (χ2n) is 5.32. The molecule has 0 aromatic heterocycles. The molecule has 2 rings (SSSR count). The van der Waals surface area contributed by atoms with Crippen LogP contribution in [0.25, 0.3) is 0 Å². The summed E-state index contributed by atoms with van der Waals surface area (Å²) in [5, 5.41) is 13.0. The highest BCUT2D eigenvalue weighted by molar-refractivity contribution is 4.82. The zero-order valence-electron chi connectivity index (χ0n) is 9.78. The van der Waals surface area contributed by atoms with Crippen molar-refractivity contribution < 1.29 is 5.11 Å². The SMILES string of the molecule is CC(CNC1CC1)CN1CCC(O)CC1. The van der Waals surface area contributed by atoms with Gasteiger partial charge in [0, 0.05) is 25.7 Å². The molecule has 1 aliphatic heterocycles. The van der Waals surface area contributed by atoms with Gasteiger partial charge in [0.25, 0.3) is 0 Å². The van der Waals surface area contributed by atoms with Gasteiger partial charge in [-0.2, -0.15) is 0 Å². The minimum atomic E-state index is -0.0406. The van der Waals surface area contributed by atoms with Crippen LogP contribution in [0.4, 0.5) is 0 Å². The van der Waals surface area contributed by atoms with E-state index < -0.39 is 0 Å². The Hall–Kier alpha value is -0.120. The number of hydrogen-bond acceptors (Lipinski definition) is 3. The van der Waals surface area contributed by atoms with E-state index in [-0.39, 0.29) is 6.10 Å². The van der Waals surface area contributed by atoms with E-state index in [9.17, 15) is 5.11 Å². The molecule has 3 nitrogen and oxygen atoms in total. The van der Waals surface area contributed by atoms with E-state index in [2.05, 4.69) is 17.1 Å². The first-order chi connectivity index (χ1) is 7.24. The zero-order chi connectivity index (χ0) is 10.7. The predicted octanol–water partition coefficient (Wildman–Crippen LogP) is 0.831. The van der Waals surface area contributed by atoms with Crippen molar-refractivity contribution in [1.29, 1.82) is 0 Å². The Kier molecular flexibility index (Phi) is 4.00. The quantitative estimate of drug-likeness (QED) is 0.708. The number of nitrogens with zero attached hydrogens (tertiary/aromatic N) is 1. The summed E-state index contributed by atoms with van der Waals surface area (Å²) >= 11 is 0. The molecule has 1 heterocycles. The van der Waals surface area contributed by atoms with Crippen molar-refractivity contribution >= 4 is 0 Å². The molecule has 1 aliphatic carbocycles. The maximum atomic E-state index is 9.41. The first-order valence-electron chi connectivity index (χ1n) is 6.38. The topological polar surface area (TPSA) is 35.5 Å². The van der Waals surface area contributed by atoms with Crippen LogP contribution in [0.5, 0.6) is 0 Å². The summed E-state index contributed by atoms with van der Waals surface area (Å²) in [5.41, 5.74) is 0. The minimum Gasteiger partial charge on any atom is -0.393 e. The molecule has 1 saturated carbocycles. The van der Waals surface area contributed by atoms with Gasteiger partial charge in [-0.25, -0.2) is 0 Å². The molecule has 3 heteroatoms. The van der Waals surface area contributed by atoms with Crippen LogP contribution in [0.1, 0.15) is 32.6 Å². The highest BCUT2D eigenvalue weighted by Crippen LogP contribution is 2.19. The standard InChI is InChI=1S/C12H24N2O/c1-10(8-13-11-2-3-11)9-14-6-4-12(15)5-7-14/h10-13,15H,2-9H2,1H3. The smallest absolute Gasteiger partial charge is 0.0564 e. The number of aliphatic hydroxyl groups excluding tert-OH is 1. The minimum absolute atomic E-state index is 0.0406. The van der Waals surface area contributed by atoms with Crippen LogP contribution < -0.4 is 5.32 Å². The van der Waals surface area contributed by atoms with Crippen molar-refractivity contribution in [3.05, 3.63) is 0 Å². The summed E-state index contributed by atoms with van der Waals surface area (Å²) < 4.78 is 0. The molecule has 0 radical (unpaired) electrons. The first-order valence-corrected chi connectivity index (χ1v) is 6.38. The molecule has 1 unspecified atom stereocenters. The van der Waals surface area contributed by atoms with E-state index >= 15 is 0 Å². The van der Waals surface area contributed by atoms with Crippen molar-refractivity contribution in [3.63, 3.8) is 0 Å². The molecule has 0 spiro atoms. The van der Waals surface area contributed by atoms with E-state index in [1.165, 1.54) is 19.4 Å². The highest BCUT2D eigenvalue weighted by Gasteiger charge is 2.22. The Bertz CT molecular complexity index is 186. The molecule has 2 aliphatic rings. The second-order valence-corrected chi connectivity index (χ2v) is 5.32. The number of nitrogens with one attached hydrogen (secondary N) is 1. The Balaban J connectivity index is 1.58. The molecular formula is C12H24N2O. The lowest BCUT2D eigenvalue weighted by atomic mass is 10.1.